The highest BCUT2D eigenvalue weighted by Crippen LogP contribution is 2.19. The Labute approximate surface area is 137 Å². The molecule has 2 fully saturated rings. The van der Waals surface area contributed by atoms with E-state index in [2.05, 4.69) is 20.2 Å². The molecule has 2 aliphatic heterocycles. The van der Waals surface area contributed by atoms with Gasteiger partial charge in [-0.15, -0.1) is 5.10 Å². The van der Waals surface area contributed by atoms with Gasteiger partial charge in [0.1, 0.15) is 0 Å². The summed E-state index contributed by atoms with van der Waals surface area (Å²) in [5, 5.41) is 9.65. The highest BCUT2D eigenvalue weighted by molar-refractivity contribution is 7.10. The molecule has 126 valence electrons. The van der Waals surface area contributed by atoms with Crippen LogP contribution in [-0.2, 0) is 9.47 Å². The third-order valence-corrected chi connectivity index (χ3v) is 4.38. The second kappa shape index (κ2) is 7.66. The van der Waals surface area contributed by atoms with E-state index >= 15 is 0 Å². The second-order valence-corrected chi connectivity index (χ2v) is 6.08. The molecule has 2 saturated heterocycles. The summed E-state index contributed by atoms with van der Waals surface area (Å²) in [6, 6.07) is -0.271. The lowest BCUT2D eigenvalue weighted by molar-refractivity contribution is 0.0565. The number of aromatic nitrogens is 2. The molecule has 9 nitrogen and oxygen atoms in total. The van der Waals surface area contributed by atoms with Crippen molar-refractivity contribution in [3.8, 4) is 0 Å². The van der Waals surface area contributed by atoms with Crippen molar-refractivity contribution >= 4 is 28.5 Å². The van der Waals surface area contributed by atoms with Crippen LogP contribution in [0.15, 0.2) is 0 Å². The first-order valence-corrected chi connectivity index (χ1v) is 8.37. The average Bonchev–Trinajstić information content (AvgIpc) is 3.25. The first-order valence-electron chi connectivity index (χ1n) is 7.60. The summed E-state index contributed by atoms with van der Waals surface area (Å²) in [5.74, 6) is -0.355. The smallest absolute Gasteiger partial charge is 0.322 e. The van der Waals surface area contributed by atoms with Crippen LogP contribution in [0.3, 0.4) is 0 Å². The van der Waals surface area contributed by atoms with Crippen molar-refractivity contribution < 1.29 is 19.1 Å². The van der Waals surface area contributed by atoms with E-state index in [9.17, 15) is 9.59 Å². The maximum atomic E-state index is 12.2. The van der Waals surface area contributed by atoms with E-state index in [-0.39, 0.29) is 23.7 Å². The van der Waals surface area contributed by atoms with Crippen LogP contribution in [0, 0.1) is 0 Å². The number of carbonyl (C=O) groups excluding carboxylic acids is 2. The molecule has 2 N–H and O–H groups in total. The molecule has 3 heterocycles. The highest BCUT2D eigenvalue weighted by Gasteiger charge is 2.23. The van der Waals surface area contributed by atoms with Crippen LogP contribution in [0.25, 0.3) is 0 Å². The standard InChI is InChI=1S/C13H19N5O4S/c19-11(14-8-9-2-1-5-22-9)10-12(23-17-16-10)15-13(20)18-3-6-21-7-4-18/h9H,1-8H2,(H,14,19)(H,15,20)/t9-/m0/s1. The van der Waals surface area contributed by atoms with Crippen LogP contribution in [0.2, 0.25) is 0 Å². The maximum Gasteiger partial charge on any atom is 0.322 e. The third-order valence-electron chi connectivity index (χ3n) is 3.74. The van der Waals surface area contributed by atoms with Crippen LogP contribution in [0.5, 0.6) is 0 Å². The van der Waals surface area contributed by atoms with Gasteiger partial charge in [0.2, 0.25) is 0 Å². The molecule has 0 bridgehead atoms. The molecule has 0 aromatic carbocycles. The van der Waals surface area contributed by atoms with Gasteiger partial charge >= 0.3 is 6.03 Å². The van der Waals surface area contributed by atoms with Gasteiger partial charge in [0, 0.05) is 37.8 Å². The number of carbonyl (C=O) groups is 2. The van der Waals surface area contributed by atoms with Gasteiger partial charge in [-0.05, 0) is 12.8 Å². The summed E-state index contributed by atoms with van der Waals surface area (Å²) in [6.45, 7) is 3.26. The number of rotatable bonds is 4. The van der Waals surface area contributed by atoms with Crippen LogP contribution in [-0.4, -0.2) is 72.0 Å². The normalized spacial score (nSPS) is 21.2. The van der Waals surface area contributed by atoms with E-state index in [0.717, 1.165) is 31.0 Å². The third kappa shape index (κ3) is 4.15. The summed E-state index contributed by atoms with van der Waals surface area (Å²) < 4.78 is 14.4. The molecule has 23 heavy (non-hydrogen) atoms. The predicted octanol–water partition coefficient (Wildman–Crippen LogP) is 0.311. The Hall–Kier alpha value is -1.78. The molecule has 3 rings (SSSR count). The Morgan fingerprint density at radius 3 is 2.87 bits per heavy atom. The number of hydrogen-bond donors (Lipinski definition) is 2. The number of nitrogens with zero attached hydrogens (tertiary/aromatic N) is 3. The number of hydrogen-bond acceptors (Lipinski definition) is 7. The van der Waals surface area contributed by atoms with Crippen molar-refractivity contribution in [2.75, 3.05) is 44.8 Å². The molecule has 0 aliphatic carbocycles. The lowest BCUT2D eigenvalue weighted by Crippen LogP contribution is -2.43. The van der Waals surface area contributed by atoms with E-state index < -0.39 is 0 Å². The minimum absolute atomic E-state index is 0.0527. The fourth-order valence-corrected chi connectivity index (χ4v) is 3.02. The molecule has 0 saturated carbocycles. The first kappa shape index (κ1) is 16.1. The summed E-state index contributed by atoms with van der Waals surface area (Å²) >= 11 is 0.985. The summed E-state index contributed by atoms with van der Waals surface area (Å²) in [5.41, 5.74) is 0.134. The fourth-order valence-electron chi connectivity index (χ4n) is 2.46. The number of nitrogens with one attached hydrogen (secondary N) is 2. The highest BCUT2D eigenvalue weighted by atomic mass is 32.1. The molecule has 1 atom stereocenters. The largest absolute Gasteiger partial charge is 0.378 e. The van der Waals surface area contributed by atoms with Gasteiger partial charge in [-0.3, -0.25) is 10.1 Å². The quantitative estimate of drug-likeness (QED) is 0.816. The Morgan fingerprint density at radius 2 is 2.13 bits per heavy atom. The Bertz CT molecular complexity index is 554. The van der Waals surface area contributed by atoms with E-state index in [1.165, 1.54) is 0 Å². The lowest BCUT2D eigenvalue weighted by atomic mass is 10.2. The number of urea groups is 1. The van der Waals surface area contributed by atoms with Crippen molar-refractivity contribution in [1.29, 1.82) is 0 Å². The molecule has 0 spiro atoms. The molecule has 0 radical (unpaired) electrons. The zero-order valence-electron chi connectivity index (χ0n) is 12.6. The number of morpholine rings is 1. The van der Waals surface area contributed by atoms with E-state index in [0.29, 0.717) is 37.8 Å². The zero-order valence-corrected chi connectivity index (χ0v) is 13.4. The Morgan fingerprint density at radius 1 is 1.30 bits per heavy atom. The van der Waals surface area contributed by atoms with Crippen LogP contribution in [0.4, 0.5) is 9.80 Å². The predicted molar refractivity (Wildman–Crippen MR) is 82.6 cm³/mol. The van der Waals surface area contributed by atoms with Crippen molar-refractivity contribution in [2.45, 2.75) is 18.9 Å². The number of anilines is 1. The van der Waals surface area contributed by atoms with Gasteiger partial charge in [0.05, 0.1) is 19.3 Å². The van der Waals surface area contributed by atoms with Gasteiger partial charge in [0.25, 0.3) is 5.91 Å². The zero-order chi connectivity index (χ0) is 16.1. The van der Waals surface area contributed by atoms with Crippen molar-refractivity contribution in [3.05, 3.63) is 5.69 Å². The van der Waals surface area contributed by atoms with Crippen LogP contribution in [0.1, 0.15) is 23.3 Å². The number of amides is 3. The summed E-state index contributed by atoms with van der Waals surface area (Å²) in [4.78, 5) is 26.0. The van der Waals surface area contributed by atoms with Crippen molar-refractivity contribution in [1.82, 2.24) is 19.8 Å². The van der Waals surface area contributed by atoms with Gasteiger partial charge < -0.3 is 19.7 Å². The molecular formula is C13H19N5O4S. The SMILES string of the molecule is O=C(NC[C@@H]1CCCO1)c1nnsc1NC(=O)N1CCOCC1. The topological polar surface area (TPSA) is 106 Å². The first-order chi connectivity index (χ1) is 11.2. The van der Waals surface area contributed by atoms with Crippen molar-refractivity contribution in [3.63, 3.8) is 0 Å². The number of ether oxygens (including phenoxy) is 2. The Balaban J connectivity index is 1.55. The second-order valence-electron chi connectivity index (χ2n) is 5.33. The van der Waals surface area contributed by atoms with E-state index in [4.69, 9.17) is 9.47 Å². The molecular weight excluding hydrogens is 322 g/mol. The summed E-state index contributed by atoms with van der Waals surface area (Å²) in [7, 11) is 0. The van der Waals surface area contributed by atoms with Crippen molar-refractivity contribution in [2.24, 2.45) is 0 Å². The fraction of sp³-hybridized carbons (Fsp3) is 0.692. The van der Waals surface area contributed by atoms with E-state index in [1.54, 1.807) is 4.90 Å². The molecule has 0 unspecified atom stereocenters. The Kier molecular flexibility index (Phi) is 5.36. The minimum atomic E-state index is -0.355. The monoisotopic (exact) mass is 341 g/mol. The average molecular weight is 341 g/mol. The van der Waals surface area contributed by atoms with Gasteiger partial charge in [-0.1, -0.05) is 4.49 Å². The maximum absolute atomic E-state index is 12.2. The van der Waals surface area contributed by atoms with Crippen LogP contribution < -0.4 is 10.6 Å². The summed E-state index contributed by atoms with van der Waals surface area (Å²) in [6.07, 6.45) is 2.01. The van der Waals surface area contributed by atoms with Crippen LogP contribution >= 0.6 is 11.5 Å². The minimum Gasteiger partial charge on any atom is -0.378 e. The lowest BCUT2D eigenvalue weighted by Gasteiger charge is -2.26. The van der Waals surface area contributed by atoms with Gasteiger partial charge in [0.15, 0.2) is 10.7 Å². The van der Waals surface area contributed by atoms with Gasteiger partial charge in [-0.2, -0.15) is 0 Å². The molecule has 1 aromatic heterocycles. The van der Waals surface area contributed by atoms with E-state index in [1.807, 2.05) is 0 Å². The van der Waals surface area contributed by atoms with Gasteiger partial charge in [-0.25, -0.2) is 4.79 Å². The molecule has 1 aromatic rings. The molecule has 10 heteroatoms. The molecule has 2 aliphatic rings. The molecule has 3 amide bonds.